The summed E-state index contributed by atoms with van der Waals surface area (Å²) in [4.78, 5) is 16.1. The highest BCUT2D eigenvalue weighted by Gasteiger charge is 2.09. The molecule has 0 bridgehead atoms. The van der Waals surface area contributed by atoms with Crippen LogP contribution in [0.4, 0.5) is 5.13 Å². The van der Waals surface area contributed by atoms with Gasteiger partial charge in [0, 0.05) is 6.20 Å². The lowest BCUT2D eigenvalue weighted by Crippen LogP contribution is -2.14. The number of hydrogen-bond donors (Lipinski definition) is 1. The van der Waals surface area contributed by atoms with E-state index in [0.717, 1.165) is 17.1 Å². The van der Waals surface area contributed by atoms with Gasteiger partial charge in [0.2, 0.25) is 11.0 Å². The number of anilines is 1. The van der Waals surface area contributed by atoms with Crippen LogP contribution in [0.2, 0.25) is 0 Å². The first-order chi connectivity index (χ1) is 11.7. The van der Waals surface area contributed by atoms with Gasteiger partial charge in [-0.1, -0.05) is 36.1 Å². The number of carbonyl (C=O) groups is 1. The average molecular weight is 358 g/mol. The largest absolute Gasteiger partial charge is 0.300 e. The van der Waals surface area contributed by atoms with Crippen LogP contribution in [-0.4, -0.2) is 37.0 Å². The van der Waals surface area contributed by atoms with E-state index in [1.165, 1.54) is 23.1 Å². The molecule has 0 unspecified atom stereocenters. The fourth-order valence-electron chi connectivity index (χ4n) is 1.79. The molecular weight excluding hydrogens is 344 g/mol. The summed E-state index contributed by atoms with van der Waals surface area (Å²) in [5.74, 6) is 0.0907. The van der Waals surface area contributed by atoms with E-state index in [2.05, 4.69) is 30.7 Å². The van der Waals surface area contributed by atoms with Crippen LogP contribution in [0.15, 0.2) is 41.6 Å². The molecule has 0 aliphatic heterocycles. The van der Waals surface area contributed by atoms with Crippen LogP contribution < -0.4 is 5.32 Å². The molecular formula is C15H14N6OS2. The van der Waals surface area contributed by atoms with Gasteiger partial charge in [0.05, 0.1) is 11.4 Å². The number of rotatable bonds is 6. The Hall–Kier alpha value is -2.39. The molecule has 1 amide bonds. The molecule has 3 rings (SSSR count). The second-order valence-corrected chi connectivity index (χ2v) is 6.72. The second kappa shape index (κ2) is 7.93. The normalized spacial score (nSPS) is 10.5. The molecule has 0 radical (unpaired) electrons. The Kier molecular flexibility index (Phi) is 5.44. The first-order valence-corrected chi connectivity index (χ1v) is 9.05. The number of pyridine rings is 1. The van der Waals surface area contributed by atoms with Gasteiger partial charge in [0.1, 0.15) is 15.7 Å². The third-order valence-electron chi connectivity index (χ3n) is 2.93. The molecule has 0 aromatic carbocycles. The molecule has 3 aromatic rings. The Morgan fingerprint density at radius 3 is 2.71 bits per heavy atom. The Morgan fingerprint density at radius 2 is 2.04 bits per heavy atom. The molecule has 9 heteroatoms. The quantitative estimate of drug-likeness (QED) is 0.677. The fourth-order valence-corrected chi connectivity index (χ4v) is 3.10. The van der Waals surface area contributed by atoms with Crippen LogP contribution >= 0.6 is 23.1 Å². The van der Waals surface area contributed by atoms with Crippen molar-refractivity contribution in [3.05, 3.63) is 41.5 Å². The molecule has 3 heterocycles. The van der Waals surface area contributed by atoms with E-state index >= 15 is 0 Å². The van der Waals surface area contributed by atoms with E-state index in [0.29, 0.717) is 15.9 Å². The van der Waals surface area contributed by atoms with E-state index in [9.17, 15) is 4.79 Å². The number of carbonyl (C=O) groups excluding carboxylic acids is 1. The Balaban J connectivity index is 1.53. The molecule has 24 heavy (non-hydrogen) atoms. The monoisotopic (exact) mass is 358 g/mol. The molecule has 0 spiro atoms. The van der Waals surface area contributed by atoms with Crippen LogP contribution in [0.25, 0.3) is 11.4 Å². The summed E-state index contributed by atoms with van der Waals surface area (Å²) in [6.07, 6.45) is 2.52. The van der Waals surface area contributed by atoms with Crippen molar-refractivity contribution >= 4 is 34.1 Å². The lowest BCUT2D eigenvalue weighted by atomic mass is 10.2. The zero-order valence-electron chi connectivity index (χ0n) is 12.8. The summed E-state index contributed by atoms with van der Waals surface area (Å²) in [5, 5.41) is 21.0. The summed E-state index contributed by atoms with van der Waals surface area (Å²) >= 11 is 2.70. The molecule has 0 saturated carbocycles. The van der Waals surface area contributed by atoms with E-state index in [-0.39, 0.29) is 11.7 Å². The van der Waals surface area contributed by atoms with E-state index in [1.807, 2.05) is 37.3 Å². The summed E-state index contributed by atoms with van der Waals surface area (Å²) in [5.41, 5.74) is 1.47. The van der Waals surface area contributed by atoms with Gasteiger partial charge in [0.15, 0.2) is 0 Å². The summed E-state index contributed by atoms with van der Waals surface area (Å²) in [6.45, 7) is 2.00. The Labute approximate surface area is 147 Å². The highest BCUT2D eigenvalue weighted by Crippen LogP contribution is 2.19. The van der Waals surface area contributed by atoms with Crippen LogP contribution in [0.5, 0.6) is 0 Å². The van der Waals surface area contributed by atoms with Gasteiger partial charge >= 0.3 is 0 Å². The molecule has 0 aliphatic carbocycles. The van der Waals surface area contributed by atoms with Gasteiger partial charge in [-0.2, -0.15) is 0 Å². The van der Waals surface area contributed by atoms with E-state index < -0.39 is 0 Å². The number of aromatic nitrogens is 5. The topological polar surface area (TPSA) is 93.6 Å². The van der Waals surface area contributed by atoms with Gasteiger partial charge in [-0.3, -0.25) is 15.1 Å². The van der Waals surface area contributed by atoms with Crippen molar-refractivity contribution in [1.29, 1.82) is 0 Å². The van der Waals surface area contributed by atoms with Gasteiger partial charge in [-0.15, -0.1) is 20.4 Å². The maximum absolute atomic E-state index is 11.9. The maximum atomic E-state index is 11.9. The van der Waals surface area contributed by atoms with Crippen molar-refractivity contribution in [2.75, 3.05) is 11.1 Å². The first-order valence-electron chi connectivity index (χ1n) is 7.24. The Bertz CT molecular complexity index is 806. The van der Waals surface area contributed by atoms with Crippen LogP contribution in [0, 0.1) is 0 Å². The summed E-state index contributed by atoms with van der Waals surface area (Å²) in [7, 11) is 0. The lowest BCUT2D eigenvalue weighted by Gasteiger charge is -2.02. The van der Waals surface area contributed by atoms with E-state index in [4.69, 9.17) is 0 Å². The number of aryl methyl sites for hydroxylation is 1. The molecule has 0 saturated heterocycles. The van der Waals surface area contributed by atoms with Crippen LogP contribution in [-0.2, 0) is 11.2 Å². The summed E-state index contributed by atoms with van der Waals surface area (Å²) in [6, 6.07) is 9.29. The zero-order valence-corrected chi connectivity index (χ0v) is 14.5. The zero-order chi connectivity index (χ0) is 16.8. The van der Waals surface area contributed by atoms with Crippen molar-refractivity contribution in [3.8, 4) is 11.4 Å². The standard InChI is InChI=1S/C15H14N6OS2/c1-2-13-19-21-15(24-13)17-12(22)9-23-14-7-6-11(18-20-14)10-5-3-4-8-16-10/h3-8H,2,9H2,1H3,(H,17,21,22). The minimum Gasteiger partial charge on any atom is -0.300 e. The number of nitrogens with zero attached hydrogens (tertiary/aromatic N) is 5. The van der Waals surface area contributed by atoms with Crippen molar-refractivity contribution < 1.29 is 4.79 Å². The number of amides is 1. The van der Waals surface area contributed by atoms with Gasteiger partial charge in [-0.25, -0.2) is 0 Å². The van der Waals surface area contributed by atoms with Crippen molar-refractivity contribution in [2.45, 2.75) is 18.4 Å². The molecule has 1 N–H and O–H groups in total. The highest BCUT2D eigenvalue weighted by molar-refractivity contribution is 7.99. The maximum Gasteiger partial charge on any atom is 0.236 e. The van der Waals surface area contributed by atoms with Crippen molar-refractivity contribution in [1.82, 2.24) is 25.4 Å². The third kappa shape index (κ3) is 4.33. The minimum atomic E-state index is -0.144. The number of hydrogen-bond acceptors (Lipinski definition) is 8. The molecule has 3 aromatic heterocycles. The van der Waals surface area contributed by atoms with Crippen molar-refractivity contribution in [2.24, 2.45) is 0 Å². The molecule has 0 aliphatic rings. The van der Waals surface area contributed by atoms with Crippen LogP contribution in [0.3, 0.4) is 0 Å². The third-order valence-corrected chi connectivity index (χ3v) is 4.84. The Morgan fingerprint density at radius 1 is 1.12 bits per heavy atom. The average Bonchev–Trinajstić information content (AvgIpc) is 3.09. The van der Waals surface area contributed by atoms with Crippen molar-refractivity contribution in [3.63, 3.8) is 0 Å². The fraction of sp³-hybridized carbons (Fsp3) is 0.200. The second-order valence-electron chi connectivity index (χ2n) is 4.66. The number of nitrogens with one attached hydrogen (secondary N) is 1. The SMILES string of the molecule is CCc1nnc(NC(=O)CSc2ccc(-c3ccccn3)nn2)s1. The predicted octanol–water partition coefficient (Wildman–Crippen LogP) is 2.68. The van der Waals surface area contributed by atoms with Gasteiger partial charge in [0.25, 0.3) is 0 Å². The minimum absolute atomic E-state index is 0.144. The van der Waals surface area contributed by atoms with Gasteiger partial charge < -0.3 is 0 Å². The molecule has 122 valence electrons. The highest BCUT2D eigenvalue weighted by atomic mass is 32.2. The first kappa shape index (κ1) is 16.5. The number of thioether (sulfide) groups is 1. The predicted molar refractivity (Wildman–Crippen MR) is 93.9 cm³/mol. The summed E-state index contributed by atoms with van der Waals surface area (Å²) < 4.78 is 0. The molecule has 7 nitrogen and oxygen atoms in total. The lowest BCUT2D eigenvalue weighted by molar-refractivity contribution is -0.113. The molecule has 0 fully saturated rings. The van der Waals surface area contributed by atoms with E-state index in [1.54, 1.807) is 6.20 Å². The smallest absolute Gasteiger partial charge is 0.236 e. The van der Waals surface area contributed by atoms with Gasteiger partial charge in [-0.05, 0) is 30.7 Å². The molecule has 0 atom stereocenters. The van der Waals surface area contributed by atoms with Crippen LogP contribution in [0.1, 0.15) is 11.9 Å².